The molecule has 0 aliphatic carbocycles. The molecule has 2 heterocycles. The normalized spacial score (nSPS) is 24.9. The molecule has 2 aliphatic rings. The summed E-state index contributed by atoms with van der Waals surface area (Å²) in [6.45, 7) is 6.61. The zero-order valence-electron chi connectivity index (χ0n) is 12.5. The first kappa shape index (κ1) is 14.6. The molecule has 0 unspecified atom stereocenters. The average Bonchev–Trinajstić information content (AvgIpc) is 2.49. The Morgan fingerprint density at radius 3 is 2.52 bits per heavy atom. The molecule has 3 rings (SSSR count). The van der Waals surface area contributed by atoms with Gasteiger partial charge in [-0.25, -0.2) is 0 Å². The molecule has 0 saturated carbocycles. The number of benzene rings is 1. The van der Waals surface area contributed by atoms with Gasteiger partial charge >= 0.3 is 7.60 Å². The number of para-hydroxylation sites is 1. The lowest BCUT2D eigenvalue weighted by molar-refractivity contribution is 0.0442. The summed E-state index contributed by atoms with van der Waals surface area (Å²) in [6.07, 6.45) is 3.75. The molecule has 0 atom stereocenters. The summed E-state index contributed by atoms with van der Waals surface area (Å²) in [5, 5.41) is 0.517. The van der Waals surface area contributed by atoms with Crippen LogP contribution >= 0.6 is 7.60 Å². The molecular formula is C16H19O4P. The molecule has 5 heteroatoms. The number of rotatable bonds is 1. The van der Waals surface area contributed by atoms with Gasteiger partial charge in [0, 0.05) is 11.0 Å². The summed E-state index contributed by atoms with van der Waals surface area (Å²) in [7, 11) is -3.26. The molecule has 0 N–H and O–H groups in total. The van der Waals surface area contributed by atoms with Crippen molar-refractivity contribution in [2.24, 2.45) is 5.41 Å². The number of hydrogen-bond donors (Lipinski definition) is 0. The third-order valence-electron chi connectivity index (χ3n) is 3.57. The van der Waals surface area contributed by atoms with Crippen LogP contribution < -0.4 is 4.74 Å². The second kappa shape index (κ2) is 5.13. The van der Waals surface area contributed by atoms with E-state index in [4.69, 9.17) is 13.8 Å². The number of allylic oxidation sites excluding steroid dienone is 2. The highest BCUT2D eigenvalue weighted by Gasteiger charge is 2.39. The molecule has 2 aliphatic heterocycles. The summed E-state index contributed by atoms with van der Waals surface area (Å²) >= 11 is 0. The van der Waals surface area contributed by atoms with Gasteiger partial charge in [-0.2, -0.15) is 0 Å². The Hall–Kier alpha value is -1.35. The molecule has 1 fully saturated rings. The summed E-state index contributed by atoms with van der Waals surface area (Å²) < 4.78 is 29.7. The van der Waals surface area contributed by atoms with Crippen molar-refractivity contribution in [1.82, 2.24) is 0 Å². The predicted octanol–water partition coefficient (Wildman–Crippen LogP) is 4.59. The van der Waals surface area contributed by atoms with Crippen molar-refractivity contribution in [3.05, 3.63) is 47.0 Å². The maximum Gasteiger partial charge on any atom is 0.360 e. The van der Waals surface area contributed by atoms with E-state index < -0.39 is 7.60 Å². The van der Waals surface area contributed by atoms with E-state index in [1.54, 1.807) is 6.92 Å². The summed E-state index contributed by atoms with van der Waals surface area (Å²) in [4.78, 5) is 0. The van der Waals surface area contributed by atoms with Gasteiger partial charge < -0.3 is 13.8 Å². The van der Waals surface area contributed by atoms with Crippen LogP contribution in [0.3, 0.4) is 0 Å². The molecule has 1 aromatic carbocycles. The lowest BCUT2D eigenvalue weighted by atomic mass is 9.97. The first-order valence-corrected chi connectivity index (χ1v) is 8.49. The molecule has 0 bridgehead atoms. The Balaban J connectivity index is 1.89. The van der Waals surface area contributed by atoms with Crippen LogP contribution in [0.4, 0.5) is 0 Å². The lowest BCUT2D eigenvalue weighted by Gasteiger charge is -2.34. The first-order chi connectivity index (χ1) is 9.90. The maximum atomic E-state index is 12.8. The fraction of sp³-hybridized carbons (Fsp3) is 0.375. The van der Waals surface area contributed by atoms with Crippen molar-refractivity contribution in [3.8, 4) is 5.75 Å². The molecule has 0 amide bonds. The average molecular weight is 306 g/mol. The van der Waals surface area contributed by atoms with E-state index in [1.165, 1.54) is 0 Å². The van der Waals surface area contributed by atoms with Crippen molar-refractivity contribution in [2.45, 2.75) is 20.8 Å². The largest absolute Gasteiger partial charge is 0.456 e. The van der Waals surface area contributed by atoms with Crippen molar-refractivity contribution < 1.29 is 18.3 Å². The molecule has 0 aromatic heterocycles. The van der Waals surface area contributed by atoms with Crippen LogP contribution in [0.25, 0.3) is 6.08 Å². The monoisotopic (exact) mass is 306 g/mol. The summed E-state index contributed by atoms with van der Waals surface area (Å²) in [5.41, 5.74) is 0.883. The minimum atomic E-state index is -3.26. The van der Waals surface area contributed by atoms with E-state index in [0.29, 0.717) is 24.3 Å². The van der Waals surface area contributed by atoms with Crippen LogP contribution in [-0.2, 0) is 13.6 Å². The molecule has 112 valence electrons. The molecule has 1 aromatic rings. The first-order valence-electron chi connectivity index (χ1n) is 6.95. The minimum Gasteiger partial charge on any atom is -0.456 e. The number of fused-ring (bicyclic) bond motifs is 1. The fourth-order valence-electron chi connectivity index (χ4n) is 2.15. The van der Waals surface area contributed by atoms with Crippen molar-refractivity contribution >= 4 is 13.7 Å². The van der Waals surface area contributed by atoms with Crippen molar-refractivity contribution in [3.63, 3.8) is 0 Å². The van der Waals surface area contributed by atoms with Crippen LogP contribution in [0.15, 0.2) is 41.4 Å². The molecule has 21 heavy (non-hydrogen) atoms. The van der Waals surface area contributed by atoms with Gasteiger partial charge in [-0.15, -0.1) is 0 Å². The van der Waals surface area contributed by atoms with E-state index in [2.05, 4.69) is 0 Å². The smallest absolute Gasteiger partial charge is 0.360 e. The molecule has 4 nitrogen and oxygen atoms in total. The van der Waals surface area contributed by atoms with Crippen LogP contribution in [0, 0.1) is 5.41 Å². The standard InChI is InChI=1S/C16H19O4P/c1-12(21(17)18-10-16(2,3)11-19-21)14-9-8-13-6-4-5-7-15(13)20-14/h4-9H,10-11H2,1-3H3/b14-12+. The van der Waals surface area contributed by atoms with Gasteiger partial charge in [0.2, 0.25) is 0 Å². The topological polar surface area (TPSA) is 44.8 Å². The zero-order valence-corrected chi connectivity index (χ0v) is 13.4. The van der Waals surface area contributed by atoms with Gasteiger partial charge in [0.25, 0.3) is 0 Å². The van der Waals surface area contributed by atoms with E-state index in [0.717, 1.165) is 11.3 Å². The second-order valence-corrected chi connectivity index (χ2v) is 8.31. The van der Waals surface area contributed by atoms with Crippen molar-refractivity contribution in [1.29, 1.82) is 0 Å². The number of hydrogen-bond acceptors (Lipinski definition) is 4. The SMILES string of the molecule is C/C(=C1/C=Cc2ccccc2O1)P1(=O)OCC(C)(C)CO1. The van der Waals surface area contributed by atoms with Gasteiger partial charge in [0.15, 0.2) is 0 Å². The van der Waals surface area contributed by atoms with Gasteiger partial charge in [-0.05, 0) is 25.1 Å². The third-order valence-corrected chi connectivity index (χ3v) is 5.55. The maximum absolute atomic E-state index is 12.8. The van der Waals surface area contributed by atoms with Crippen LogP contribution in [0.5, 0.6) is 5.75 Å². The highest BCUT2D eigenvalue weighted by atomic mass is 31.2. The summed E-state index contributed by atoms with van der Waals surface area (Å²) in [6, 6.07) is 7.71. The Bertz CT molecular complexity index is 659. The van der Waals surface area contributed by atoms with Crippen LogP contribution in [-0.4, -0.2) is 13.2 Å². The Labute approximate surface area is 124 Å². The highest BCUT2D eigenvalue weighted by Crippen LogP contribution is 2.61. The van der Waals surface area contributed by atoms with Crippen LogP contribution in [0.2, 0.25) is 0 Å². The molecular weight excluding hydrogens is 287 g/mol. The third kappa shape index (κ3) is 2.84. The zero-order chi connectivity index (χ0) is 15.1. The highest BCUT2D eigenvalue weighted by molar-refractivity contribution is 7.58. The van der Waals surface area contributed by atoms with E-state index >= 15 is 0 Å². The van der Waals surface area contributed by atoms with Crippen LogP contribution in [0.1, 0.15) is 26.3 Å². The molecule has 1 saturated heterocycles. The molecule has 0 spiro atoms. The predicted molar refractivity (Wildman–Crippen MR) is 82.1 cm³/mol. The van der Waals surface area contributed by atoms with E-state index in [1.807, 2.05) is 50.3 Å². The quantitative estimate of drug-likeness (QED) is 0.712. The lowest BCUT2D eigenvalue weighted by Crippen LogP contribution is -2.29. The Morgan fingerprint density at radius 2 is 1.81 bits per heavy atom. The van der Waals surface area contributed by atoms with E-state index in [-0.39, 0.29) is 5.41 Å². The fourth-order valence-corrected chi connectivity index (χ4v) is 4.04. The van der Waals surface area contributed by atoms with Gasteiger partial charge in [-0.3, -0.25) is 4.57 Å². The van der Waals surface area contributed by atoms with Gasteiger partial charge in [0.05, 0.1) is 18.5 Å². The Morgan fingerprint density at radius 1 is 1.14 bits per heavy atom. The van der Waals surface area contributed by atoms with E-state index in [9.17, 15) is 4.57 Å². The Kier molecular flexibility index (Phi) is 3.56. The number of ether oxygens (including phenoxy) is 1. The molecule has 0 radical (unpaired) electrons. The second-order valence-electron chi connectivity index (χ2n) is 6.13. The van der Waals surface area contributed by atoms with Gasteiger partial charge in [0.1, 0.15) is 11.5 Å². The minimum absolute atomic E-state index is 0.116. The van der Waals surface area contributed by atoms with Crippen molar-refractivity contribution in [2.75, 3.05) is 13.2 Å². The summed E-state index contributed by atoms with van der Waals surface area (Å²) in [5.74, 6) is 1.29. The van der Waals surface area contributed by atoms with Gasteiger partial charge in [-0.1, -0.05) is 32.0 Å².